The van der Waals surface area contributed by atoms with E-state index in [9.17, 15) is 9.59 Å². The van der Waals surface area contributed by atoms with Crippen molar-refractivity contribution in [1.82, 2.24) is 4.90 Å². The minimum absolute atomic E-state index is 0.284. The lowest BCUT2D eigenvalue weighted by atomic mass is 10.2. The van der Waals surface area contributed by atoms with E-state index in [0.717, 1.165) is 0 Å². The first-order chi connectivity index (χ1) is 9.81. The summed E-state index contributed by atoms with van der Waals surface area (Å²) in [7, 11) is 0.945. The summed E-state index contributed by atoms with van der Waals surface area (Å²) in [6.45, 7) is 5.99. The van der Waals surface area contributed by atoms with Gasteiger partial charge < -0.3 is 9.47 Å². The van der Waals surface area contributed by atoms with Crippen LogP contribution in [0.4, 0.5) is 4.79 Å². The topological polar surface area (TPSA) is 55.8 Å². The quantitative estimate of drug-likeness (QED) is 0.629. The van der Waals surface area contributed by atoms with Crippen LogP contribution >= 0.6 is 10.9 Å². The number of thiol groups is 1. The zero-order valence-corrected chi connectivity index (χ0v) is 13.8. The zero-order chi connectivity index (χ0) is 15.6. The molecule has 2 aliphatic heterocycles. The van der Waals surface area contributed by atoms with Gasteiger partial charge in [0.1, 0.15) is 11.6 Å². The van der Waals surface area contributed by atoms with Crippen LogP contribution in [0.5, 0.6) is 0 Å². The maximum atomic E-state index is 12.3. The standard InChI is InChI=1S/C15H23NO4S/c1-15(2,3)20-14(18)16-10-11(21-7-5-6-8-21)9-12(16)13(17)19-4/h5-8,11-12,21H,9-10H2,1-4H3/t11-,12-/m0/s1. The molecule has 0 radical (unpaired) electrons. The van der Waals surface area contributed by atoms with E-state index in [1.165, 1.54) is 12.0 Å². The molecule has 6 heteroatoms. The van der Waals surface area contributed by atoms with Gasteiger partial charge in [-0.2, -0.15) is 0 Å². The van der Waals surface area contributed by atoms with E-state index >= 15 is 0 Å². The van der Waals surface area contributed by atoms with E-state index < -0.39 is 28.6 Å². The normalized spacial score (nSPS) is 26.3. The van der Waals surface area contributed by atoms with E-state index in [1.54, 1.807) is 0 Å². The van der Waals surface area contributed by atoms with Crippen LogP contribution in [0.1, 0.15) is 27.2 Å². The summed E-state index contributed by atoms with van der Waals surface area (Å²) in [5.74, 6) is -0.370. The molecule has 2 atom stereocenters. The van der Waals surface area contributed by atoms with Crippen molar-refractivity contribution in [3.63, 3.8) is 0 Å². The Morgan fingerprint density at radius 2 is 1.86 bits per heavy atom. The third-order valence-corrected chi connectivity index (χ3v) is 5.68. The second-order valence-corrected chi connectivity index (χ2v) is 8.41. The number of hydrogen-bond donors (Lipinski definition) is 1. The summed E-state index contributed by atoms with van der Waals surface area (Å²) in [5, 5.41) is 4.60. The average molecular weight is 313 g/mol. The van der Waals surface area contributed by atoms with Gasteiger partial charge in [-0.1, -0.05) is 12.2 Å². The monoisotopic (exact) mass is 313 g/mol. The molecule has 0 aliphatic carbocycles. The largest absolute Gasteiger partial charge is 0.467 e. The fourth-order valence-electron chi connectivity index (χ4n) is 2.50. The van der Waals surface area contributed by atoms with Gasteiger partial charge in [-0.15, -0.1) is 0 Å². The van der Waals surface area contributed by atoms with E-state index in [1.807, 2.05) is 32.9 Å². The van der Waals surface area contributed by atoms with E-state index in [4.69, 9.17) is 9.47 Å². The molecule has 2 heterocycles. The Morgan fingerprint density at radius 3 is 2.38 bits per heavy atom. The molecule has 0 aromatic heterocycles. The Hall–Kier alpha value is -1.43. The summed E-state index contributed by atoms with van der Waals surface area (Å²) in [6, 6.07) is -0.542. The molecule has 0 aromatic carbocycles. The van der Waals surface area contributed by atoms with Crippen molar-refractivity contribution in [2.24, 2.45) is 0 Å². The predicted molar refractivity (Wildman–Crippen MR) is 84.4 cm³/mol. The van der Waals surface area contributed by atoms with Gasteiger partial charge in [0, 0.05) is 11.8 Å². The Balaban J connectivity index is 2.12. The number of rotatable bonds is 2. The van der Waals surface area contributed by atoms with Gasteiger partial charge >= 0.3 is 12.1 Å². The molecule has 1 fully saturated rings. The molecule has 1 amide bonds. The third kappa shape index (κ3) is 3.81. The Bertz CT molecular complexity index is 469. The van der Waals surface area contributed by atoms with Crippen LogP contribution in [-0.2, 0) is 14.3 Å². The first kappa shape index (κ1) is 15.9. The van der Waals surface area contributed by atoms with Crippen molar-refractivity contribution in [3.05, 3.63) is 23.0 Å². The number of methoxy groups -OCH3 is 1. The molecule has 0 saturated carbocycles. The van der Waals surface area contributed by atoms with Crippen LogP contribution in [0.15, 0.2) is 23.0 Å². The Morgan fingerprint density at radius 1 is 1.24 bits per heavy atom. The molecule has 118 valence electrons. The fourth-order valence-corrected chi connectivity index (χ4v) is 4.49. The van der Waals surface area contributed by atoms with Gasteiger partial charge in [-0.05, 0) is 38.0 Å². The fraction of sp³-hybridized carbons (Fsp3) is 0.600. The molecule has 21 heavy (non-hydrogen) atoms. The highest BCUT2D eigenvalue weighted by Gasteiger charge is 2.43. The van der Waals surface area contributed by atoms with Gasteiger partial charge in [-0.25, -0.2) is 20.5 Å². The van der Waals surface area contributed by atoms with Crippen molar-refractivity contribution < 1.29 is 19.1 Å². The zero-order valence-electron chi connectivity index (χ0n) is 12.9. The summed E-state index contributed by atoms with van der Waals surface area (Å²) in [4.78, 5) is 25.8. The average Bonchev–Trinajstić information content (AvgIpc) is 3.04. The first-order valence-electron chi connectivity index (χ1n) is 7.01. The lowest BCUT2D eigenvalue weighted by molar-refractivity contribution is -0.145. The highest BCUT2D eigenvalue weighted by Crippen LogP contribution is 2.44. The Kier molecular flexibility index (Phi) is 4.66. The summed E-state index contributed by atoms with van der Waals surface area (Å²) >= 11 is 0. The minimum atomic E-state index is -0.575. The smallest absolute Gasteiger partial charge is 0.411 e. The SMILES string of the molecule is COC(=O)[C@@H]1C[C@H]([SH]2C=CC=C2)CN1C(=O)OC(C)(C)C. The molecule has 1 saturated heterocycles. The van der Waals surface area contributed by atoms with Crippen molar-refractivity contribution in [2.45, 2.75) is 44.1 Å². The molecule has 0 aromatic rings. The Labute approximate surface area is 128 Å². The summed E-state index contributed by atoms with van der Waals surface area (Å²) < 4.78 is 10.2. The van der Waals surface area contributed by atoms with Crippen LogP contribution in [0.3, 0.4) is 0 Å². The highest BCUT2D eigenvalue weighted by molar-refractivity contribution is 8.22. The van der Waals surface area contributed by atoms with Crippen LogP contribution in [0.2, 0.25) is 0 Å². The predicted octanol–water partition coefficient (Wildman–Crippen LogP) is 2.58. The summed E-state index contributed by atoms with van der Waals surface area (Å²) in [5.41, 5.74) is -0.575. The van der Waals surface area contributed by atoms with Crippen molar-refractivity contribution in [3.8, 4) is 0 Å². The van der Waals surface area contributed by atoms with E-state index in [0.29, 0.717) is 13.0 Å². The molecule has 2 rings (SSSR count). The lowest BCUT2D eigenvalue weighted by Gasteiger charge is -2.27. The first-order valence-corrected chi connectivity index (χ1v) is 8.56. The number of likely N-dealkylation sites (tertiary alicyclic amines) is 1. The molecule has 0 spiro atoms. The summed E-state index contributed by atoms with van der Waals surface area (Å²) in [6.07, 6.45) is 4.23. The second kappa shape index (κ2) is 6.13. The van der Waals surface area contributed by atoms with Crippen LogP contribution in [-0.4, -0.2) is 47.5 Å². The molecule has 5 nitrogen and oxygen atoms in total. The van der Waals surface area contributed by atoms with Gasteiger partial charge in [0.05, 0.1) is 7.11 Å². The van der Waals surface area contributed by atoms with Crippen LogP contribution in [0, 0.1) is 0 Å². The molecule has 0 N–H and O–H groups in total. The van der Waals surface area contributed by atoms with Crippen molar-refractivity contribution in [1.29, 1.82) is 0 Å². The van der Waals surface area contributed by atoms with Gasteiger partial charge in [-0.3, -0.25) is 4.90 Å². The van der Waals surface area contributed by atoms with Gasteiger partial charge in [0.2, 0.25) is 0 Å². The van der Waals surface area contributed by atoms with Crippen LogP contribution in [0.25, 0.3) is 0 Å². The maximum Gasteiger partial charge on any atom is 0.411 e. The van der Waals surface area contributed by atoms with Crippen molar-refractivity contribution >= 4 is 23.0 Å². The maximum absolute atomic E-state index is 12.3. The molecule has 0 unspecified atom stereocenters. The number of carbonyl (C=O) groups is 2. The number of nitrogens with zero attached hydrogens (tertiary/aromatic N) is 1. The number of carbonyl (C=O) groups excluding carboxylic acids is 2. The van der Waals surface area contributed by atoms with Crippen LogP contribution < -0.4 is 0 Å². The van der Waals surface area contributed by atoms with E-state index in [-0.39, 0.29) is 11.2 Å². The second-order valence-electron chi connectivity index (χ2n) is 6.19. The van der Waals surface area contributed by atoms with Gasteiger partial charge in [0.15, 0.2) is 0 Å². The third-order valence-electron chi connectivity index (χ3n) is 3.43. The number of hydrogen-bond acceptors (Lipinski definition) is 4. The molecular weight excluding hydrogens is 290 g/mol. The molecule has 0 bridgehead atoms. The van der Waals surface area contributed by atoms with Gasteiger partial charge in [0.25, 0.3) is 0 Å². The number of allylic oxidation sites excluding steroid dienone is 2. The highest BCUT2D eigenvalue weighted by atomic mass is 32.2. The number of ether oxygens (including phenoxy) is 2. The van der Waals surface area contributed by atoms with Crippen molar-refractivity contribution in [2.75, 3.05) is 13.7 Å². The lowest BCUT2D eigenvalue weighted by Crippen LogP contribution is -2.43. The molecule has 2 aliphatic rings. The number of amides is 1. The number of esters is 1. The van der Waals surface area contributed by atoms with E-state index in [2.05, 4.69) is 10.8 Å². The minimum Gasteiger partial charge on any atom is -0.467 e. The molecular formula is C15H23NO4S.